The number of benzene rings is 1. The van der Waals surface area contributed by atoms with Gasteiger partial charge in [-0.15, -0.1) is 0 Å². The second kappa shape index (κ2) is 5.01. The lowest BCUT2D eigenvalue weighted by Crippen LogP contribution is -2.24. The van der Waals surface area contributed by atoms with Crippen molar-refractivity contribution in [1.82, 2.24) is 0 Å². The minimum Gasteiger partial charge on any atom is -0.480 e. The molecule has 0 aromatic heterocycles. The molecule has 1 aromatic carbocycles. The first kappa shape index (κ1) is 11.1. The van der Waals surface area contributed by atoms with E-state index >= 15 is 0 Å². The molecule has 0 aliphatic carbocycles. The molecule has 0 saturated carbocycles. The van der Waals surface area contributed by atoms with Crippen molar-refractivity contribution in [3.8, 4) is 6.07 Å². The van der Waals surface area contributed by atoms with E-state index in [1.54, 1.807) is 11.9 Å². The van der Waals surface area contributed by atoms with Crippen LogP contribution in [0, 0.1) is 11.3 Å². The third-order valence-corrected chi connectivity index (χ3v) is 2.03. The van der Waals surface area contributed by atoms with Gasteiger partial charge in [-0.1, -0.05) is 12.1 Å². The van der Waals surface area contributed by atoms with E-state index < -0.39 is 5.97 Å². The van der Waals surface area contributed by atoms with Crippen LogP contribution < -0.4 is 4.90 Å². The van der Waals surface area contributed by atoms with Crippen molar-refractivity contribution >= 4 is 11.7 Å². The van der Waals surface area contributed by atoms with Crippen molar-refractivity contribution in [2.24, 2.45) is 0 Å². The zero-order valence-corrected chi connectivity index (χ0v) is 8.47. The lowest BCUT2D eigenvalue weighted by Gasteiger charge is -2.16. The minimum atomic E-state index is -0.862. The van der Waals surface area contributed by atoms with Crippen LogP contribution in [0.1, 0.15) is 5.56 Å². The number of likely N-dealkylation sites (N-methyl/N-ethyl adjacent to an activating group) is 1. The zero-order valence-electron chi connectivity index (χ0n) is 8.47. The van der Waals surface area contributed by atoms with E-state index in [-0.39, 0.29) is 6.54 Å². The van der Waals surface area contributed by atoms with Crippen LogP contribution in [-0.4, -0.2) is 24.7 Å². The molecule has 4 nitrogen and oxygen atoms in total. The van der Waals surface area contributed by atoms with Gasteiger partial charge < -0.3 is 10.0 Å². The summed E-state index contributed by atoms with van der Waals surface area (Å²) in [4.78, 5) is 12.1. The molecule has 0 unspecified atom stereocenters. The van der Waals surface area contributed by atoms with Crippen molar-refractivity contribution in [1.29, 1.82) is 5.26 Å². The number of hydrogen-bond donors (Lipinski definition) is 1. The molecule has 0 bridgehead atoms. The molecule has 4 heteroatoms. The molecular formula is C11H12N2O2. The van der Waals surface area contributed by atoms with Crippen LogP contribution in [0.5, 0.6) is 0 Å². The number of anilines is 1. The third kappa shape index (κ3) is 3.31. The highest BCUT2D eigenvalue weighted by Gasteiger charge is 2.04. The second-order valence-corrected chi connectivity index (χ2v) is 3.25. The average molecular weight is 204 g/mol. The number of nitrogens with zero attached hydrogens (tertiary/aromatic N) is 2. The Morgan fingerprint density at radius 1 is 1.47 bits per heavy atom. The lowest BCUT2D eigenvalue weighted by molar-refractivity contribution is -0.135. The van der Waals surface area contributed by atoms with Crippen molar-refractivity contribution in [2.45, 2.75) is 6.42 Å². The summed E-state index contributed by atoms with van der Waals surface area (Å²) in [7, 11) is 1.72. The van der Waals surface area contributed by atoms with E-state index in [0.717, 1.165) is 11.3 Å². The number of hydrogen-bond acceptors (Lipinski definition) is 3. The van der Waals surface area contributed by atoms with Crippen LogP contribution in [0.3, 0.4) is 0 Å². The zero-order chi connectivity index (χ0) is 11.3. The summed E-state index contributed by atoms with van der Waals surface area (Å²) in [5.74, 6) is -0.862. The number of carboxylic acid groups (broad SMARTS) is 1. The average Bonchev–Trinajstić information content (AvgIpc) is 2.18. The summed E-state index contributed by atoms with van der Waals surface area (Å²) >= 11 is 0. The number of carboxylic acids is 1. The van der Waals surface area contributed by atoms with Crippen LogP contribution in [0.25, 0.3) is 0 Å². The standard InChI is InChI=1S/C11H12N2O2/c1-13(8-11(14)15)10-4-2-9(3-5-10)6-7-12/h2-5H,6,8H2,1H3,(H,14,15). The Balaban J connectivity index is 2.71. The van der Waals surface area contributed by atoms with Gasteiger partial charge in [-0.05, 0) is 17.7 Å². The topological polar surface area (TPSA) is 64.3 Å². The Bertz CT molecular complexity index is 379. The first-order valence-electron chi connectivity index (χ1n) is 4.52. The predicted octanol–water partition coefficient (Wildman–Crippen LogP) is 1.27. The second-order valence-electron chi connectivity index (χ2n) is 3.25. The number of carbonyl (C=O) groups is 1. The van der Waals surface area contributed by atoms with E-state index in [1.807, 2.05) is 24.3 Å². The Morgan fingerprint density at radius 3 is 2.53 bits per heavy atom. The molecule has 0 aliphatic rings. The van der Waals surface area contributed by atoms with Gasteiger partial charge in [0.1, 0.15) is 6.54 Å². The molecule has 0 heterocycles. The van der Waals surface area contributed by atoms with Crippen molar-refractivity contribution in [3.05, 3.63) is 29.8 Å². The molecule has 0 atom stereocenters. The van der Waals surface area contributed by atoms with Gasteiger partial charge in [0.25, 0.3) is 0 Å². The van der Waals surface area contributed by atoms with Crippen LogP contribution >= 0.6 is 0 Å². The lowest BCUT2D eigenvalue weighted by atomic mass is 10.1. The molecular weight excluding hydrogens is 192 g/mol. The van der Waals surface area contributed by atoms with Gasteiger partial charge in [0.2, 0.25) is 0 Å². The SMILES string of the molecule is CN(CC(=O)O)c1ccc(CC#N)cc1. The summed E-state index contributed by atoms with van der Waals surface area (Å²) in [6.45, 7) is -0.0302. The van der Waals surface area contributed by atoms with E-state index in [4.69, 9.17) is 10.4 Å². The van der Waals surface area contributed by atoms with Gasteiger partial charge in [-0.2, -0.15) is 5.26 Å². The Hall–Kier alpha value is -2.02. The van der Waals surface area contributed by atoms with E-state index in [2.05, 4.69) is 6.07 Å². The third-order valence-electron chi connectivity index (χ3n) is 2.03. The highest BCUT2D eigenvalue weighted by molar-refractivity contribution is 5.73. The first-order chi connectivity index (χ1) is 7.13. The Kier molecular flexibility index (Phi) is 3.69. The number of aliphatic carboxylic acids is 1. The largest absolute Gasteiger partial charge is 0.480 e. The van der Waals surface area contributed by atoms with Crippen LogP contribution in [0.2, 0.25) is 0 Å². The minimum absolute atomic E-state index is 0.0302. The predicted molar refractivity (Wildman–Crippen MR) is 56.7 cm³/mol. The fourth-order valence-electron chi connectivity index (χ4n) is 1.25. The van der Waals surface area contributed by atoms with Gasteiger partial charge in [-0.25, -0.2) is 0 Å². The molecule has 1 aromatic rings. The molecule has 78 valence electrons. The molecule has 0 spiro atoms. The van der Waals surface area contributed by atoms with Gasteiger partial charge in [0.05, 0.1) is 12.5 Å². The molecule has 0 saturated heterocycles. The summed E-state index contributed by atoms with van der Waals surface area (Å²) < 4.78 is 0. The fourth-order valence-corrected chi connectivity index (χ4v) is 1.25. The summed E-state index contributed by atoms with van der Waals surface area (Å²) in [5, 5.41) is 17.1. The maximum Gasteiger partial charge on any atom is 0.323 e. The number of rotatable bonds is 4. The molecule has 0 fully saturated rings. The molecule has 1 rings (SSSR count). The highest BCUT2D eigenvalue weighted by atomic mass is 16.4. The van der Waals surface area contributed by atoms with Gasteiger partial charge in [-0.3, -0.25) is 4.79 Å². The van der Waals surface area contributed by atoms with E-state index in [1.165, 1.54) is 0 Å². The monoisotopic (exact) mass is 204 g/mol. The van der Waals surface area contributed by atoms with Crippen molar-refractivity contribution < 1.29 is 9.90 Å². The molecule has 0 aliphatic heterocycles. The van der Waals surface area contributed by atoms with E-state index in [9.17, 15) is 4.79 Å². The van der Waals surface area contributed by atoms with Crippen molar-refractivity contribution in [3.63, 3.8) is 0 Å². The van der Waals surface area contributed by atoms with Crippen LogP contribution in [0.15, 0.2) is 24.3 Å². The molecule has 0 amide bonds. The summed E-state index contributed by atoms with van der Waals surface area (Å²) in [6, 6.07) is 9.35. The van der Waals surface area contributed by atoms with Gasteiger partial charge >= 0.3 is 5.97 Å². The maximum atomic E-state index is 10.5. The Morgan fingerprint density at radius 2 is 2.07 bits per heavy atom. The van der Waals surface area contributed by atoms with Crippen LogP contribution in [-0.2, 0) is 11.2 Å². The smallest absolute Gasteiger partial charge is 0.323 e. The van der Waals surface area contributed by atoms with Crippen LogP contribution in [0.4, 0.5) is 5.69 Å². The highest BCUT2D eigenvalue weighted by Crippen LogP contribution is 2.13. The molecule has 15 heavy (non-hydrogen) atoms. The molecule has 1 N–H and O–H groups in total. The molecule has 0 radical (unpaired) electrons. The first-order valence-corrected chi connectivity index (χ1v) is 4.52. The fraction of sp³-hybridized carbons (Fsp3) is 0.273. The van der Waals surface area contributed by atoms with Gasteiger partial charge in [0, 0.05) is 12.7 Å². The summed E-state index contributed by atoms with van der Waals surface area (Å²) in [5.41, 5.74) is 1.77. The quantitative estimate of drug-likeness (QED) is 0.802. The maximum absolute atomic E-state index is 10.5. The normalized spacial score (nSPS) is 9.33. The number of nitriles is 1. The van der Waals surface area contributed by atoms with Gasteiger partial charge in [0.15, 0.2) is 0 Å². The van der Waals surface area contributed by atoms with E-state index in [0.29, 0.717) is 6.42 Å². The summed E-state index contributed by atoms with van der Waals surface area (Å²) in [6.07, 6.45) is 0.378. The Labute approximate surface area is 88.4 Å². The van der Waals surface area contributed by atoms with Crippen molar-refractivity contribution in [2.75, 3.05) is 18.5 Å².